The van der Waals surface area contributed by atoms with Crippen molar-refractivity contribution in [1.82, 2.24) is 5.32 Å². The second kappa shape index (κ2) is 9.13. The number of anilines is 1. The van der Waals surface area contributed by atoms with Crippen molar-refractivity contribution in [3.05, 3.63) is 29.8 Å². The summed E-state index contributed by atoms with van der Waals surface area (Å²) in [6.07, 6.45) is 0.363. The van der Waals surface area contributed by atoms with Crippen LogP contribution in [0.4, 0.5) is 5.69 Å². The van der Waals surface area contributed by atoms with Gasteiger partial charge in [-0.2, -0.15) is 0 Å². The third kappa shape index (κ3) is 5.55. The van der Waals surface area contributed by atoms with Crippen molar-refractivity contribution in [2.75, 3.05) is 38.2 Å². The maximum absolute atomic E-state index is 11.7. The Kier molecular flexibility index (Phi) is 7.46. The molecule has 0 aliphatic carbocycles. The Bertz CT molecular complexity index is 457. The lowest BCUT2D eigenvalue weighted by Crippen LogP contribution is -2.26. The molecule has 5 nitrogen and oxygen atoms in total. The maximum Gasteiger partial charge on any atom is 0.307 e. The van der Waals surface area contributed by atoms with E-state index in [0.717, 1.165) is 12.2 Å². The summed E-state index contributed by atoms with van der Waals surface area (Å²) in [7, 11) is 1.75. The van der Waals surface area contributed by atoms with Crippen LogP contribution in [-0.2, 0) is 9.53 Å². The van der Waals surface area contributed by atoms with E-state index in [9.17, 15) is 9.59 Å². The summed E-state index contributed by atoms with van der Waals surface area (Å²) in [5.74, 6) is -0.115. The maximum atomic E-state index is 11.7. The smallest absolute Gasteiger partial charge is 0.307 e. The predicted molar refractivity (Wildman–Crippen MR) is 83.8 cm³/mol. The third-order valence-electron chi connectivity index (χ3n) is 3.16. The largest absolute Gasteiger partial charge is 0.466 e. The van der Waals surface area contributed by atoms with Crippen molar-refractivity contribution in [3.8, 4) is 0 Å². The monoisotopic (exact) mass is 292 g/mol. The molecular weight excluding hydrogens is 268 g/mol. The topological polar surface area (TPSA) is 58.6 Å². The standard InChI is InChI=1S/C16H24N2O3/c1-4-18(11-10-16(20)21-5-2)14-8-6-13(7-9-14)15(19)12-17-3/h6-9,17H,4-5,10-12H2,1-3H3. The van der Waals surface area contributed by atoms with E-state index >= 15 is 0 Å². The van der Waals surface area contributed by atoms with E-state index in [1.54, 1.807) is 14.0 Å². The van der Waals surface area contributed by atoms with Crippen LogP contribution in [0.1, 0.15) is 30.6 Å². The first-order valence-electron chi connectivity index (χ1n) is 7.30. The fourth-order valence-electron chi connectivity index (χ4n) is 2.05. The summed E-state index contributed by atoms with van der Waals surface area (Å²) in [6, 6.07) is 7.47. The normalized spacial score (nSPS) is 10.2. The number of carbonyl (C=O) groups excluding carboxylic acids is 2. The summed E-state index contributed by atoms with van der Waals surface area (Å²) in [5.41, 5.74) is 1.69. The third-order valence-corrected chi connectivity index (χ3v) is 3.16. The zero-order valence-corrected chi connectivity index (χ0v) is 13.0. The molecule has 1 aromatic carbocycles. The molecule has 0 radical (unpaired) electrons. The van der Waals surface area contributed by atoms with Gasteiger partial charge in [-0.25, -0.2) is 0 Å². The summed E-state index contributed by atoms with van der Waals surface area (Å²) in [4.78, 5) is 25.2. The minimum absolute atomic E-state index is 0.0682. The number of likely N-dealkylation sites (N-methyl/N-ethyl adjacent to an activating group) is 1. The first-order chi connectivity index (χ1) is 10.1. The van der Waals surface area contributed by atoms with E-state index in [1.165, 1.54) is 0 Å². The van der Waals surface area contributed by atoms with Gasteiger partial charge in [-0.3, -0.25) is 9.59 Å². The molecule has 0 aromatic heterocycles. The SMILES string of the molecule is CCOC(=O)CCN(CC)c1ccc(C(=O)CNC)cc1. The Hall–Kier alpha value is -1.88. The molecular formula is C16H24N2O3. The number of carbonyl (C=O) groups is 2. The summed E-state index contributed by atoms with van der Waals surface area (Å²) < 4.78 is 4.93. The molecule has 0 bridgehead atoms. The van der Waals surface area contributed by atoms with Gasteiger partial charge in [0.15, 0.2) is 5.78 Å². The van der Waals surface area contributed by atoms with Crippen molar-refractivity contribution < 1.29 is 14.3 Å². The molecule has 0 heterocycles. The molecule has 0 amide bonds. The van der Waals surface area contributed by atoms with Crippen molar-refractivity contribution >= 4 is 17.4 Å². The van der Waals surface area contributed by atoms with Crippen LogP contribution >= 0.6 is 0 Å². The van der Waals surface area contributed by atoms with Gasteiger partial charge in [-0.15, -0.1) is 0 Å². The number of Topliss-reactive ketones (excluding diaryl/α,β-unsaturated/α-hetero) is 1. The second-order valence-corrected chi connectivity index (χ2v) is 4.64. The van der Waals surface area contributed by atoms with E-state index in [0.29, 0.717) is 31.7 Å². The predicted octanol–water partition coefficient (Wildman–Crippen LogP) is 1.87. The number of esters is 1. The number of benzene rings is 1. The van der Waals surface area contributed by atoms with Gasteiger partial charge < -0.3 is 15.0 Å². The summed E-state index contributed by atoms with van der Waals surface area (Å²) in [6.45, 7) is 5.98. The fraction of sp³-hybridized carbons (Fsp3) is 0.500. The Balaban J connectivity index is 2.64. The van der Waals surface area contributed by atoms with E-state index in [4.69, 9.17) is 4.74 Å². The van der Waals surface area contributed by atoms with Crippen molar-refractivity contribution in [2.45, 2.75) is 20.3 Å². The molecule has 0 saturated heterocycles. The molecule has 1 aromatic rings. The lowest BCUT2D eigenvalue weighted by molar-refractivity contribution is -0.142. The highest BCUT2D eigenvalue weighted by molar-refractivity contribution is 5.97. The number of nitrogens with one attached hydrogen (secondary N) is 1. The van der Waals surface area contributed by atoms with Crippen LogP contribution in [0.3, 0.4) is 0 Å². The van der Waals surface area contributed by atoms with E-state index in [-0.39, 0.29) is 11.8 Å². The zero-order chi connectivity index (χ0) is 15.7. The van der Waals surface area contributed by atoms with Gasteiger partial charge in [0, 0.05) is 24.3 Å². The number of hydrogen-bond donors (Lipinski definition) is 1. The molecule has 0 aliphatic heterocycles. The van der Waals surface area contributed by atoms with Crippen LogP contribution in [0, 0.1) is 0 Å². The van der Waals surface area contributed by atoms with E-state index < -0.39 is 0 Å². The molecule has 116 valence electrons. The fourth-order valence-corrected chi connectivity index (χ4v) is 2.05. The molecule has 1 N–H and O–H groups in total. The molecule has 0 unspecified atom stereocenters. The van der Waals surface area contributed by atoms with Crippen LogP contribution in [-0.4, -0.2) is 45.0 Å². The van der Waals surface area contributed by atoms with Gasteiger partial charge >= 0.3 is 5.97 Å². The molecule has 0 saturated carbocycles. The van der Waals surface area contributed by atoms with Crippen LogP contribution in [0.25, 0.3) is 0 Å². The number of nitrogens with zero attached hydrogens (tertiary/aromatic N) is 1. The number of ether oxygens (including phenoxy) is 1. The van der Waals surface area contributed by atoms with Gasteiger partial charge in [-0.1, -0.05) is 0 Å². The lowest BCUT2D eigenvalue weighted by Gasteiger charge is -2.22. The summed E-state index contributed by atoms with van der Waals surface area (Å²) >= 11 is 0. The first kappa shape index (κ1) is 17.2. The van der Waals surface area contributed by atoms with Gasteiger partial charge in [0.25, 0.3) is 0 Å². The highest BCUT2D eigenvalue weighted by atomic mass is 16.5. The van der Waals surface area contributed by atoms with Crippen molar-refractivity contribution in [3.63, 3.8) is 0 Å². The van der Waals surface area contributed by atoms with Gasteiger partial charge in [0.05, 0.1) is 19.6 Å². The minimum atomic E-state index is -0.184. The van der Waals surface area contributed by atoms with Gasteiger partial charge in [-0.05, 0) is 45.2 Å². The Labute approximate surface area is 126 Å². The zero-order valence-electron chi connectivity index (χ0n) is 13.0. The molecule has 0 atom stereocenters. The Morgan fingerprint density at radius 2 is 1.86 bits per heavy atom. The van der Waals surface area contributed by atoms with Crippen molar-refractivity contribution in [2.24, 2.45) is 0 Å². The highest BCUT2D eigenvalue weighted by Crippen LogP contribution is 2.16. The van der Waals surface area contributed by atoms with Gasteiger partial charge in [0.2, 0.25) is 0 Å². The number of hydrogen-bond acceptors (Lipinski definition) is 5. The van der Waals surface area contributed by atoms with Crippen LogP contribution in [0.15, 0.2) is 24.3 Å². The van der Waals surface area contributed by atoms with E-state index in [2.05, 4.69) is 10.2 Å². The average Bonchev–Trinajstić information content (AvgIpc) is 2.49. The molecule has 0 fully saturated rings. The van der Waals surface area contributed by atoms with Crippen LogP contribution in [0.5, 0.6) is 0 Å². The molecule has 1 rings (SSSR count). The number of rotatable bonds is 9. The van der Waals surface area contributed by atoms with Crippen LogP contribution < -0.4 is 10.2 Å². The lowest BCUT2D eigenvalue weighted by atomic mass is 10.1. The Morgan fingerprint density at radius 1 is 1.19 bits per heavy atom. The molecule has 0 aliphatic rings. The summed E-state index contributed by atoms with van der Waals surface area (Å²) in [5, 5.41) is 2.85. The second-order valence-electron chi connectivity index (χ2n) is 4.64. The minimum Gasteiger partial charge on any atom is -0.466 e. The van der Waals surface area contributed by atoms with Gasteiger partial charge in [0.1, 0.15) is 0 Å². The molecule has 5 heteroatoms. The number of ketones is 1. The highest BCUT2D eigenvalue weighted by Gasteiger charge is 2.10. The average molecular weight is 292 g/mol. The Morgan fingerprint density at radius 3 is 2.38 bits per heavy atom. The molecule has 0 spiro atoms. The molecule has 21 heavy (non-hydrogen) atoms. The van der Waals surface area contributed by atoms with Crippen LogP contribution in [0.2, 0.25) is 0 Å². The van der Waals surface area contributed by atoms with Crippen molar-refractivity contribution in [1.29, 1.82) is 0 Å². The first-order valence-corrected chi connectivity index (χ1v) is 7.30. The quantitative estimate of drug-likeness (QED) is 0.556. The van der Waals surface area contributed by atoms with E-state index in [1.807, 2.05) is 31.2 Å².